The van der Waals surface area contributed by atoms with Gasteiger partial charge in [-0.05, 0) is 6.92 Å². The number of amides is 1. The molecule has 16 heavy (non-hydrogen) atoms. The molecule has 0 aliphatic heterocycles. The van der Waals surface area contributed by atoms with Crippen molar-refractivity contribution in [2.75, 3.05) is 5.73 Å². The minimum atomic E-state index is -0.227. The van der Waals surface area contributed by atoms with Gasteiger partial charge in [-0.1, -0.05) is 0 Å². The minimum absolute atomic E-state index is 0.227. The fourth-order valence-corrected chi connectivity index (χ4v) is 1.94. The largest absolute Gasteiger partial charge is 0.382 e. The maximum absolute atomic E-state index is 11.6. The predicted octanol–water partition coefficient (Wildman–Crippen LogP) is 0.687. The second-order valence-corrected chi connectivity index (χ2v) is 4.55. The van der Waals surface area contributed by atoms with E-state index in [4.69, 9.17) is 5.73 Å². The molecule has 0 saturated heterocycles. The summed E-state index contributed by atoms with van der Waals surface area (Å²) in [7, 11) is 0. The first kappa shape index (κ1) is 10.6. The van der Waals surface area contributed by atoms with Crippen molar-refractivity contribution in [1.82, 2.24) is 20.5 Å². The molecule has 7 heteroatoms. The Morgan fingerprint density at radius 2 is 2.50 bits per heavy atom. The average Bonchev–Trinajstić information content (AvgIpc) is 2.84. The molecule has 0 aliphatic carbocycles. The molecule has 2 rings (SSSR count). The number of rotatable bonds is 3. The molecule has 0 aromatic carbocycles. The Balaban J connectivity index is 1.93. The summed E-state index contributed by atoms with van der Waals surface area (Å²) in [6, 6.07) is 1.49. The number of hydrogen-bond acceptors (Lipinski definition) is 5. The summed E-state index contributed by atoms with van der Waals surface area (Å²) in [4.78, 5) is 16.7. The van der Waals surface area contributed by atoms with Gasteiger partial charge in [-0.15, -0.1) is 11.3 Å². The molecule has 2 aromatic heterocycles. The Morgan fingerprint density at radius 1 is 1.69 bits per heavy atom. The molecule has 0 saturated carbocycles. The lowest BCUT2D eigenvalue weighted by atomic mass is 10.4. The lowest BCUT2D eigenvalue weighted by Crippen LogP contribution is -2.22. The monoisotopic (exact) mass is 237 g/mol. The van der Waals surface area contributed by atoms with E-state index < -0.39 is 0 Å². The molecule has 0 radical (unpaired) electrons. The summed E-state index contributed by atoms with van der Waals surface area (Å²) in [5.74, 6) is 0.0778. The summed E-state index contributed by atoms with van der Waals surface area (Å²) in [6.07, 6.45) is 1.75. The number of thiazole rings is 1. The molecule has 1 amide bonds. The van der Waals surface area contributed by atoms with Crippen LogP contribution in [0.5, 0.6) is 0 Å². The molecule has 84 valence electrons. The maximum atomic E-state index is 11.6. The number of nitrogen functional groups attached to an aromatic ring is 1. The Morgan fingerprint density at radius 3 is 3.06 bits per heavy atom. The van der Waals surface area contributed by atoms with Crippen LogP contribution in [0.25, 0.3) is 0 Å². The molecule has 0 bridgehead atoms. The van der Waals surface area contributed by atoms with Crippen molar-refractivity contribution in [1.29, 1.82) is 0 Å². The van der Waals surface area contributed by atoms with Crippen LogP contribution in [0, 0.1) is 6.92 Å². The topological polar surface area (TPSA) is 96.7 Å². The number of anilines is 1. The van der Waals surface area contributed by atoms with Crippen LogP contribution in [0.4, 0.5) is 5.82 Å². The van der Waals surface area contributed by atoms with Gasteiger partial charge in [0.25, 0.3) is 5.91 Å². The zero-order valence-corrected chi connectivity index (χ0v) is 9.47. The molecule has 0 atom stereocenters. The molecule has 0 fully saturated rings. The minimum Gasteiger partial charge on any atom is -0.382 e. The number of nitrogens with one attached hydrogen (secondary N) is 2. The summed E-state index contributed by atoms with van der Waals surface area (Å²) < 4.78 is 0. The van der Waals surface area contributed by atoms with E-state index in [1.54, 1.807) is 17.5 Å². The Kier molecular flexibility index (Phi) is 2.86. The highest BCUT2D eigenvalue weighted by atomic mass is 32.1. The van der Waals surface area contributed by atoms with Crippen LogP contribution in [0.2, 0.25) is 0 Å². The van der Waals surface area contributed by atoms with Gasteiger partial charge >= 0.3 is 0 Å². The highest BCUT2D eigenvalue weighted by Crippen LogP contribution is 2.11. The number of carbonyl (C=O) groups excluding carboxylic acids is 1. The van der Waals surface area contributed by atoms with Gasteiger partial charge < -0.3 is 11.1 Å². The van der Waals surface area contributed by atoms with Crippen LogP contribution >= 0.6 is 11.3 Å². The average molecular weight is 237 g/mol. The quantitative estimate of drug-likeness (QED) is 0.731. The second-order valence-electron chi connectivity index (χ2n) is 3.23. The smallest absolute Gasteiger partial charge is 0.269 e. The van der Waals surface area contributed by atoms with Crippen molar-refractivity contribution >= 4 is 23.1 Å². The molecular weight excluding hydrogens is 226 g/mol. The van der Waals surface area contributed by atoms with Crippen molar-refractivity contribution in [3.05, 3.63) is 27.8 Å². The summed E-state index contributed by atoms with van der Waals surface area (Å²) in [5.41, 5.74) is 5.76. The van der Waals surface area contributed by atoms with Crippen LogP contribution in [0.3, 0.4) is 0 Å². The molecule has 0 unspecified atom stereocenters. The zero-order chi connectivity index (χ0) is 11.5. The standard InChI is InChI=1S/C9H11N5OS/c1-5-11-3-6(16-5)4-12-9(15)7-2-8(10)14-13-7/h2-3H,4H2,1H3,(H,12,15)(H3,10,13,14). The Hall–Kier alpha value is -1.89. The fourth-order valence-electron chi connectivity index (χ4n) is 1.20. The predicted molar refractivity (Wildman–Crippen MR) is 61.0 cm³/mol. The lowest BCUT2D eigenvalue weighted by molar-refractivity contribution is 0.0946. The maximum Gasteiger partial charge on any atom is 0.269 e. The van der Waals surface area contributed by atoms with Gasteiger partial charge in [0.2, 0.25) is 0 Å². The van der Waals surface area contributed by atoms with Gasteiger partial charge in [0, 0.05) is 17.1 Å². The zero-order valence-electron chi connectivity index (χ0n) is 8.65. The van der Waals surface area contributed by atoms with Crippen LogP contribution in [0.1, 0.15) is 20.4 Å². The number of aromatic amines is 1. The number of carbonyl (C=O) groups is 1. The number of nitrogens with zero attached hydrogens (tertiary/aromatic N) is 2. The van der Waals surface area contributed by atoms with E-state index in [2.05, 4.69) is 20.5 Å². The first-order valence-corrected chi connectivity index (χ1v) is 5.47. The normalized spacial score (nSPS) is 10.3. The lowest BCUT2D eigenvalue weighted by Gasteiger charge is -1.99. The molecule has 4 N–H and O–H groups in total. The third kappa shape index (κ3) is 2.37. The van der Waals surface area contributed by atoms with Crippen LogP contribution < -0.4 is 11.1 Å². The number of H-pyrrole nitrogens is 1. The van der Waals surface area contributed by atoms with Crippen molar-refractivity contribution in [3.63, 3.8) is 0 Å². The van der Waals surface area contributed by atoms with E-state index in [0.717, 1.165) is 9.88 Å². The first-order chi connectivity index (χ1) is 7.65. The van der Waals surface area contributed by atoms with Crippen molar-refractivity contribution in [3.8, 4) is 0 Å². The van der Waals surface area contributed by atoms with E-state index >= 15 is 0 Å². The van der Waals surface area contributed by atoms with Crippen LogP contribution in [-0.2, 0) is 6.54 Å². The van der Waals surface area contributed by atoms with E-state index in [1.807, 2.05) is 6.92 Å². The molecule has 2 heterocycles. The summed E-state index contributed by atoms with van der Waals surface area (Å²) in [6.45, 7) is 2.38. The number of nitrogens with two attached hydrogens (primary N) is 1. The van der Waals surface area contributed by atoms with Crippen molar-refractivity contribution < 1.29 is 4.79 Å². The molecule has 6 nitrogen and oxygen atoms in total. The first-order valence-electron chi connectivity index (χ1n) is 4.65. The SMILES string of the molecule is Cc1ncc(CNC(=O)c2cc(N)n[nH]2)s1. The highest BCUT2D eigenvalue weighted by molar-refractivity contribution is 7.11. The van der Waals surface area contributed by atoms with Crippen molar-refractivity contribution in [2.24, 2.45) is 0 Å². The van der Waals surface area contributed by atoms with E-state index in [0.29, 0.717) is 18.1 Å². The van der Waals surface area contributed by atoms with Gasteiger partial charge in [-0.2, -0.15) is 5.10 Å². The number of aromatic nitrogens is 3. The molecule has 2 aromatic rings. The molecule has 0 spiro atoms. The van der Waals surface area contributed by atoms with E-state index in [-0.39, 0.29) is 5.91 Å². The summed E-state index contributed by atoms with van der Waals surface area (Å²) >= 11 is 1.55. The Bertz CT molecular complexity index is 503. The third-order valence-corrected chi connectivity index (χ3v) is 2.85. The number of hydrogen-bond donors (Lipinski definition) is 3. The fraction of sp³-hybridized carbons (Fsp3) is 0.222. The molecule has 0 aliphatic rings. The van der Waals surface area contributed by atoms with Gasteiger partial charge in [-0.3, -0.25) is 9.89 Å². The van der Waals surface area contributed by atoms with Gasteiger partial charge in [0.15, 0.2) is 0 Å². The van der Waals surface area contributed by atoms with Crippen LogP contribution in [-0.4, -0.2) is 21.1 Å². The molecular formula is C9H11N5OS. The van der Waals surface area contributed by atoms with Gasteiger partial charge in [0.1, 0.15) is 11.5 Å². The summed E-state index contributed by atoms with van der Waals surface area (Å²) in [5, 5.41) is 9.95. The van der Waals surface area contributed by atoms with E-state index in [9.17, 15) is 4.79 Å². The van der Waals surface area contributed by atoms with E-state index in [1.165, 1.54) is 6.07 Å². The second kappa shape index (κ2) is 4.31. The third-order valence-electron chi connectivity index (χ3n) is 1.93. The Labute approximate surface area is 95.9 Å². The van der Waals surface area contributed by atoms with Crippen LogP contribution in [0.15, 0.2) is 12.3 Å². The van der Waals surface area contributed by atoms with Crippen molar-refractivity contribution in [2.45, 2.75) is 13.5 Å². The number of aryl methyl sites for hydroxylation is 1. The highest BCUT2D eigenvalue weighted by Gasteiger charge is 2.08. The van der Waals surface area contributed by atoms with Gasteiger partial charge in [0.05, 0.1) is 11.6 Å². The van der Waals surface area contributed by atoms with Gasteiger partial charge in [-0.25, -0.2) is 4.98 Å².